The number of carboxylic acid groups (broad SMARTS) is 4. The number of aliphatic carboxylic acids is 4. The van der Waals surface area contributed by atoms with Gasteiger partial charge in [0.2, 0.25) is 0 Å². The van der Waals surface area contributed by atoms with Crippen LogP contribution in [0.1, 0.15) is 58.3 Å². The second-order valence-electron chi connectivity index (χ2n) is 7.05. The van der Waals surface area contributed by atoms with E-state index in [9.17, 15) is 24.3 Å². The summed E-state index contributed by atoms with van der Waals surface area (Å²) in [5.74, 6) is -3.80. The molecule has 0 bridgehead atoms. The smallest absolute Gasteiger partial charge is 0.310 e. The molecule has 2 aliphatic carbocycles. The SMILES string of the molecule is CC1CCCC(C2(C(=O)O)CC2C(=O)O)C1.O=C(O)CCCC(=O)O. The molecular formula is C17H26O8. The van der Waals surface area contributed by atoms with Crippen LogP contribution in [0.3, 0.4) is 0 Å². The molecule has 0 spiro atoms. The van der Waals surface area contributed by atoms with Crippen LogP contribution in [0.15, 0.2) is 0 Å². The molecule has 8 heteroatoms. The van der Waals surface area contributed by atoms with Crippen molar-refractivity contribution >= 4 is 23.9 Å². The quantitative estimate of drug-likeness (QED) is 0.541. The van der Waals surface area contributed by atoms with Crippen molar-refractivity contribution in [2.24, 2.45) is 23.2 Å². The molecule has 8 nitrogen and oxygen atoms in total. The van der Waals surface area contributed by atoms with Crippen LogP contribution >= 0.6 is 0 Å². The Kier molecular flexibility index (Phi) is 7.38. The minimum Gasteiger partial charge on any atom is -0.481 e. The van der Waals surface area contributed by atoms with E-state index in [0.29, 0.717) is 12.3 Å². The van der Waals surface area contributed by atoms with E-state index in [-0.39, 0.29) is 25.2 Å². The predicted molar refractivity (Wildman–Crippen MR) is 86.1 cm³/mol. The Labute approximate surface area is 145 Å². The van der Waals surface area contributed by atoms with Gasteiger partial charge in [-0.25, -0.2) is 0 Å². The fourth-order valence-electron chi connectivity index (χ4n) is 3.74. The van der Waals surface area contributed by atoms with Crippen LogP contribution in [0.2, 0.25) is 0 Å². The van der Waals surface area contributed by atoms with Gasteiger partial charge in [-0.15, -0.1) is 0 Å². The van der Waals surface area contributed by atoms with Crippen molar-refractivity contribution in [1.82, 2.24) is 0 Å². The monoisotopic (exact) mass is 358 g/mol. The number of rotatable bonds is 7. The van der Waals surface area contributed by atoms with Crippen LogP contribution in [0.25, 0.3) is 0 Å². The summed E-state index contributed by atoms with van der Waals surface area (Å²) < 4.78 is 0. The average Bonchev–Trinajstić information content (AvgIpc) is 3.24. The van der Waals surface area contributed by atoms with Crippen LogP contribution in [0.5, 0.6) is 0 Å². The molecule has 4 atom stereocenters. The van der Waals surface area contributed by atoms with E-state index >= 15 is 0 Å². The molecule has 0 saturated heterocycles. The molecule has 142 valence electrons. The molecule has 0 aliphatic heterocycles. The average molecular weight is 358 g/mol. The third-order valence-corrected chi connectivity index (χ3v) is 5.15. The van der Waals surface area contributed by atoms with Gasteiger partial charge < -0.3 is 20.4 Å². The second kappa shape index (κ2) is 8.82. The van der Waals surface area contributed by atoms with Gasteiger partial charge in [-0.3, -0.25) is 19.2 Å². The van der Waals surface area contributed by atoms with Gasteiger partial charge >= 0.3 is 23.9 Å². The highest BCUT2D eigenvalue weighted by Crippen LogP contribution is 2.62. The summed E-state index contributed by atoms with van der Waals surface area (Å²) in [6.07, 6.45) is 4.34. The molecule has 4 N–H and O–H groups in total. The summed E-state index contributed by atoms with van der Waals surface area (Å²) in [6, 6.07) is 0. The lowest BCUT2D eigenvalue weighted by Gasteiger charge is -2.31. The molecular weight excluding hydrogens is 332 g/mol. The summed E-state index contributed by atoms with van der Waals surface area (Å²) in [5, 5.41) is 34.3. The molecule has 0 heterocycles. The van der Waals surface area contributed by atoms with Crippen molar-refractivity contribution in [2.75, 3.05) is 0 Å². The van der Waals surface area contributed by atoms with Gasteiger partial charge in [-0.05, 0) is 37.5 Å². The Morgan fingerprint density at radius 1 is 0.960 bits per heavy atom. The van der Waals surface area contributed by atoms with E-state index in [1.807, 2.05) is 0 Å². The first kappa shape index (κ1) is 20.9. The minimum atomic E-state index is -0.948. The maximum atomic E-state index is 11.3. The van der Waals surface area contributed by atoms with E-state index in [0.717, 1.165) is 25.7 Å². The zero-order chi connectivity index (χ0) is 19.2. The first-order valence-electron chi connectivity index (χ1n) is 8.51. The fraction of sp³-hybridized carbons (Fsp3) is 0.765. The van der Waals surface area contributed by atoms with Gasteiger partial charge in [0.25, 0.3) is 0 Å². The predicted octanol–water partition coefficient (Wildman–Crippen LogP) is 2.31. The third-order valence-electron chi connectivity index (χ3n) is 5.15. The van der Waals surface area contributed by atoms with Crippen molar-refractivity contribution in [3.8, 4) is 0 Å². The molecule has 0 radical (unpaired) electrons. The summed E-state index contributed by atoms with van der Waals surface area (Å²) >= 11 is 0. The number of carbonyl (C=O) groups is 4. The van der Waals surface area contributed by atoms with E-state index in [4.69, 9.17) is 15.3 Å². The highest BCUT2D eigenvalue weighted by Gasteiger charge is 2.68. The zero-order valence-corrected chi connectivity index (χ0v) is 14.3. The molecule has 25 heavy (non-hydrogen) atoms. The zero-order valence-electron chi connectivity index (χ0n) is 14.3. The maximum Gasteiger partial charge on any atom is 0.310 e. The Bertz CT molecular complexity index is 515. The summed E-state index contributed by atoms with van der Waals surface area (Å²) in [7, 11) is 0. The molecule has 2 rings (SSSR count). The van der Waals surface area contributed by atoms with E-state index in [1.54, 1.807) is 0 Å². The lowest BCUT2D eigenvalue weighted by atomic mass is 9.73. The lowest BCUT2D eigenvalue weighted by Crippen LogP contribution is -2.32. The van der Waals surface area contributed by atoms with Crippen LogP contribution in [0, 0.1) is 23.2 Å². The Hall–Kier alpha value is -2.12. The summed E-state index contributed by atoms with van der Waals surface area (Å²) in [5.41, 5.74) is -0.944. The van der Waals surface area contributed by atoms with Crippen LogP contribution in [-0.4, -0.2) is 44.3 Å². The summed E-state index contributed by atoms with van der Waals surface area (Å²) in [6.45, 7) is 2.12. The second-order valence-corrected chi connectivity index (χ2v) is 7.05. The van der Waals surface area contributed by atoms with Crippen LogP contribution < -0.4 is 0 Å². The van der Waals surface area contributed by atoms with Crippen molar-refractivity contribution in [2.45, 2.75) is 58.3 Å². The van der Waals surface area contributed by atoms with Crippen molar-refractivity contribution in [3.05, 3.63) is 0 Å². The van der Waals surface area contributed by atoms with E-state index in [2.05, 4.69) is 6.92 Å². The first-order valence-corrected chi connectivity index (χ1v) is 8.51. The molecule has 4 unspecified atom stereocenters. The Morgan fingerprint density at radius 2 is 1.52 bits per heavy atom. The fourth-order valence-corrected chi connectivity index (χ4v) is 3.74. The standard InChI is InChI=1S/C12H18O4.C5H8O4/c1-7-3-2-4-8(5-7)12(11(15)16)6-9(12)10(13)14;6-4(7)2-1-3-5(8)9/h7-9H,2-6H2,1H3,(H,13,14)(H,15,16);1-3H2,(H,6,7)(H,8,9). The van der Waals surface area contributed by atoms with Crippen molar-refractivity contribution in [3.63, 3.8) is 0 Å². The number of hydrogen-bond acceptors (Lipinski definition) is 4. The van der Waals surface area contributed by atoms with Gasteiger partial charge in [0, 0.05) is 12.8 Å². The normalized spacial score (nSPS) is 30.5. The van der Waals surface area contributed by atoms with E-state index < -0.39 is 35.2 Å². The largest absolute Gasteiger partial charge is 0.481 e. The molecule has 0 aromatic heterocycles. The van der Waals surface area contributed by atoms with Crippen LogP contribution in [0.4, 0.5) is 0 Å². The van der Waals surface area contributed by atoms with Gasteiger partial charge in [-0.1, -0.05) is 19.8 Å². The van der Waals surface area contributed by atoms with Crippen LogP contribution in [-0.2, 0) is 19.2 Å². The van der Waals surface area contributed by atoms with Gasteiger partial charge in [-0.2, -0.15) is 0 Å². The van der Waals surface area contributed by atoms with Gasteiger partial charge in [0.15, 0.2) is 0 Å². The molecule has 2 fully saturated rings. The lowest BCUT2D eigenvalue weighted by molar-refractivity contribution is -0.152. The minimum absolute atomic E-state index is 0.0632. The summed E-state index contributed by atoms with van der Waals surface area (Å²) in [4.78, 5) is 41.9. The highest BCUT2D eigenvalue weighted by atomic mass is 16.4. The van der Waals surface area contributed by atoms with Crippen molar-refractivity contribution in [1.29, 1.82) is 0 Å². The number of hydrogen-bond donors (Lipinski definition) is 4. The van der Waals surface area contributed by atoms with Gasteiger partial charge in [0.05, 0.1) is 11.3 Å². The highest BCUT2D eigenvalue weighted by molar-refractivity contribution is 5.89. The first-order chi connectivity index (χ1) is 11.6. The maximum absolute atomic E-state index is 11.3. The van der Waals surface area contributed by atoms with Crippen molar-refractivity contribution < 1.29 is 39.6 Å². The number of carboxylic acids is 4. The Balaban J connectivity index is 0.000000299. The molecule has 2 saturated carbocycles. The van der Waals surface area contributed by atoms with E-state index in [1.165, 1.54) is 0 Å². The molecule has 0 amide bonds. The Morgan fingerprint density at radius 3 is 1.88 bits per heavy atom. The molecule has 0 aromatic rings. The third kappa shape index (κ3) is 5.72. The topological polar surface area (TPSA) is 149 Å². The molecule has 2 aliphatic rings. The van der Waals surface area contributed by atoms with Gasteiger partial charge in [0.1, 0.15) is 0 Å². The molecule has 0 aromatic carbocycles.